The Labute approximate surface area is 358 Å². The van der Waals surface area contributed by atoms with Gasteiger partial charge in [-0.1, -0.05) is 198 Å². The van der Waals surface area contributed by atoms with Crippen LogP contribution in [0.15, 0.2) is 48.6 Å². The van der Waals surface area contributed by atoms with Gasteiger partial charge in [0.1, 0.15) is 13.2 Å². The minimum Gasteiger partial charge on any atom is -0.462 e. The van der Waals surface area contributed by atoms with E-state index in [0.29, 0.717) is 19.3 Å². The lowest BCUT2D eigenvalue weighted by Crippen LogP contribution is -2.30. The van der Waals surface area contributed by atoms with E-state index in [4.69, 9.17) is 14.2 Å². The molecule has 58 heavy (non-hydrogen) atoms. The summed E-state index contributed by atoms with van der Waals surface area (Å²) in [4.78, 5) is 37.8. The summed E-state index contributed by atoms with van der Waals surface area (Å²) in [5.74, 6) is -0.903. The molecular weight excluding hydrogens is 721 g/mol. The Balaban J connectivity index is 4.32. The molecule has 0 aromatic heterocycles. The molecule has 6 nitrogen and oxygen atoms in total. The third kappa shape index (κ3) is 44.5. The van der Waals surface area contributed by atoms with Gasteiger partial charge < -0.3 is 14.2 Å². The van der Waals surface area contributed by atoms with E-state index >= 15 is 0 Å². The number of hydrogen-bond donors (Lipinski definition) is 0. The fourth-order valence-electron chi connectivity index (χ4n) is 6.86. The van der Waals surface area contributed by atoms with Crippen molar-refractivity contribution < 1.29 is 28.6 Å². The minimum absolute atomic E-state index is 0.0804. The highest BCUT2D eigenvalue weighted by atomic mass is 16.6. The Morgan fingerprint density at radius 1 is 0.362 bits per heavy atom. The lowest BCUT2D eigenvalue weighted by Gasteiger charge is -2.18. The Morgan fingerprint density at radius 3 is 1.07 bits per heavy atom. The van der Waals surface area contributed by atoms with E-state index < -0.39 is 6.10 Å². The van der Waals surface area contributed by atoms with Gasteiger partial charge in [-0.3, -0.25) is 14.4 Å². The lowest BCUT2D eigenvalue weighted by atomic mass is 10.1. The molecule has 0 saturated carbocycles. The summed E-state index contributed by atoms with van der Waals surface area (Å²) in [6.07, 6.45) is 55.3. The van der Waals surface area contributed by atoms with Gasteiger partial charge in [-0.25, -0.2) is 0 Å². The third-order valence-corrected chi connectivity index (χ3v) is 10.6. The first kappa shape index (κ1) is 55.4. The normalized spacial score (nSPS) is 12.4. The monoisotopic (exact) mass is 813 g/mol. The van der Waals surface area contributed by atoms with E-state index in [0.717, 1.165) is 96.3 Å². The van der Waals surface area contributed by atoms with Crippen LogP contribution in [-0.4, -0.2) is 37.2 Å². The summed E-state index contributed by atoms with van der Waals surface area (Å²) in [6.45, 7) is 6.48. The quantitative estimate of drug-likeness (QED) is 0.0264. The SMILES string of the molecule is CC/C=C\C/C=C\C/C=C\CCCCCCCC(=O)OC(COC(=O)CCCCCCCCCC)COC(=O)CCCCCCCCC/C=C\CCCCCCCC. The number of rotatable bonds is 44. The van der Waals surface area contributed by atoms with Crippen LogP contribution >= 0.6 is 0 Å². The van der Waals surface area contributed by atoms with Crippen LogP contribution in [0.4, 0.5) is 0 Å². The molecule has 0 aliphatic heterocycles. The van der Waals surface area contributed by atoms with Gasteiger partial charge in [-0.2, -0.15) is 0 Å². The summed E-state index contributed by atoms with van der Waals surface area (Å²) in [5, 5.41) is 0. The van der Waals surface area contributed by atoms with Gasteiger partial charge in [0.15, 0.2) is 6.10 Å². The maximum absolute atomic E-state index is 12.7. The van der Waals surface area contributed by atoms with Crippen molar-refractivity contribution >= 4 is 17.9 Å². The number of unbranched alkanes of at least 4 members (excludes halogenated alkanes) is 25. The van der Waals surface area contributed by atoms with Gasteiger partial charge in [0.2, 0.25) is 0 Å². The zero-order valence-corrected chi connectivity index (χ0v) is 38.3. The van der Waals surface area contributed by atoms with E-state index in [1.807, 2.05) is 0 Å². The summed E-state index contributed by atoms with van der Waals surface area (Å²) in [7, 11) is 0. The molecule has 0 radical (unpaired) electrons. The van der Waals surface area contributed by atoms with Crippen molar-refractivity contribution in [3.8, 4) is 0 Å². The van der Waals surface area contributed by atoms with E-state index in [-0.39, 0.29) is 31.1 Å². The van der Waals surface area contributed by atoms with Crippen molar-refractivity contribution in [3.63, 3.8) is 0 Å². The third-order valence-electron chi connectivity index (χ3n) is 10.6. The topological polar surface area (TPSA) is 78.9 Å². The van der Waals surface area contributed by atoms with Crippen molar-refractivity contribution in [2.45, 2.75) is 252 Å². The van der Waals surface area contributed by atoms with Gasteiger partial charge in [0, 0.05) is 19.3 Å². The molecule has 1 atom stereocenters. The first-order chi connectivity index (χ1) is 28.5. The Hall–Kier alpha value is -2.63. The van der Waals surface area contributed by atoms with Crippen LogP contribution in [0.25, 0.3) is 0 Å². The van der Waals surface area contributed by atoms with Crippen LogP contribution in [-0.2, 0) is 28.6 Å². The predicted octanol–water partition coefficient (Wildman–Crippen LogP) is 15.9. The Bertz CT molecular complexity index is 1030. The number of hydrogen-bond acceptors (Lipinski definition) is 6. The molecule has 0 rings (SSSR count). The molecule has 0 fully saturated rings. The van der Waals surface area contributed by atoms with Gasteiger partial charge in [0.05, 0.1) is 0 Å². The molecule has 0 aliphatic rings. The van der Waals surface area contributed by atoms with Gasteiger partial charge in [0.25, 0.3) is 0 Å². The highest BCUT2D eigenvalue weighted by Crippen LogP contribution is 2.14. The fraction of sp³-hybridized carbons (Fsp3) is 0.788. The first-order valence-electron chi connectivity index (χ1n) is 24.6. The Kier molecular flexibility index (Phi) is 44.9. The van der Waals surface area contributed by atoms with Gasteiger partial charge in [-0.05, 0) is 77.0 Å². The van der Waals surface area contributed by atoms with Crippen LogP contribution in [0, 0.1) is 0 Å². The second kappa shape index (κ2) is 47.1. The van der Waals surface area contributed by atoms with Gasteiger partial charge in [-0.15, -0.1) is 0 Å². The second-order valence-corrected chi connectivity index (χ2v) is 16.3. The maximum atomic E-state index is 12.7. The molecule has 6 heteroatoms. The van der Waals surface area contributed by atoms with Crippen molar-refractivity contribution in [1.29, 1.82) is 0 Å². The maximum Gasteiger partial charge on any atom is 0.306 e. The van der Waals surface area contributed by atoms with Crippen LogP contribution in [0.3, 0.4) is 0 Å². The molecule has 0 N–H and O–H groups in total. The molecule has 336 valence electrons. The highest BCUT2D eigenvalue weighted by molar-refractivity contribution is 5.71. The highest BCUT2D eigenvalue weighted by Gasteiger charge is 2.19. The van der Waals surface area contributed by atoms with E-state index in [9.17, 15) is 14.4 Å². The summed E-state index contributed by atoms with van der Waals surface area (Å²) in [5.41, 5.74) is 0. The number of ether oxygens (including phenoxy) is 3. The largest absolute Gasteiger partial charge is 0.462 e. The number of esters is 3. The zero-order chi connectivity index (χ0) is 42.3. The smallest absolute Gasteiger partial charge is 0.306 e. The Morgan fingerprint density at radius 2 is 0.672 bits per heavy atom. The molecule has 0 aliphatic carbocycles. The van der Waals surface area contributed by atoms with Gasteiger partial charge >= 0.3 is 17.9 Å². The zero-order valence-electron chi connectivity index (χ0n) is 38.3. The van der Waals surface area contributed by atoms with Crippen molar-refractivity contribution in [2.24, 2.45) is 0 Å². The van der Waals surface area contributed by atoms with Crippen molar-refractivity contribution in [1.82, 2.24) is 0 Å². The van der Waals surface area contributed by atoms with Crippen LogP contribution < -0.4 is 0 Å². The van der Waals surface area contributed by atoms with Crippen LogP contribution in [0.1, 0.15) is 245 Å². The van der Waals surface area contributed by atoms with E-state index in [1.165, 1.54) is 109 Å². The molecule has 0 amide bonds. The number of allylic oxidation sites excluding steroid dienone is 8. The molecule has 0 aromatic carbocycles. The van der Waals surface area contributed by atoms with E-state index in [1.54, 1.807) is 0 Å². The molecule has 0 bridgehead atoms. The second-order valence-electron chi connectivity index (χ2n) is 16.3. The standard InChI is InChI=1S/C52H92O6/c1-4-7-10-13-16-19-21-23-25-26-28-29-31-33-36-39-42-45-51(54)57-48-49(47-56-50(53)44-41-38-35-18-15-12-9-6-3)58-52(55)46-43-40-37-34-32-30-27-24-22-20-17-14-11-8-5-2/h8,11,17,20,23-25,27,49H,4-7,9-10,12-16,18-19,21-22,26,28-48H2,1-3H3/b11-8-,20-17-,25-23-,27-24-. The average molecular weight is 813 g/mol. The molecule has 0 saturated heterocycles. The minimum atomic E-state index is -0.779. The summed E-state index contributed by atoms with van der Waals surface area (Å²) in [6, 6.07) is 0. The fourth-order valence-corrected chi connectivity index (χ4v) is 6.86. The summed E-state index contributed by atoms with van der Waals surface area (Å²) >= 11 is 0. The lowest BCUT2D eigenvalue weighted by molar-refractivity contribution is -0.167. The predicted molar refractivity (Wildman–Crippen MR) is 247 cm³/mol. The average Bonchev–Trinajstić information content (AvgIpc) is 3.22. The van der Waals surface area contributed by atoms with Crippen LogP contribution in [0.2, 0.25) is 0 Å². The number of carbonyl (C=O) groups is 3. The van der Waals surface area contributed by atoms with E-state index in [2.05, 4.69) is 69.4 Å². The van der Waals surface area contributed by atoms with Crippen molar-refractivity contribution in [2.75, 3.05) is 13.2 Å². The molecular formula is C52H92O6. The molecule has 0 aromatic rings. The molecule has 1 unspecified atom stereocenters. The number of carbonyl (C=O) groups excluding carboxylic acids is 3. The summed E-state index contributed by atoms with van der Waals surface area (Å²) < 4.78 is 16.7. The molecule has 0 heterocycles. The van der Waals surface area contributed by atoms with Crippen LogP contribution in [0.5, 0.6) is 0 Å². The van der Waals surface area contributed by atoms with Crippen molar-refractivity contribution in [3.05, 3.63) is 48.6 Å². The first-order valence-corrected chi connectivity index (χ1v) is 24.6. The molecule has 0 spiro atoms.